The first-order chi connectivity index (χ1) is 13.9. The van der Waals surface area contributed by atoms with Crippen LogP contribution in [0.4, 0.5) is 11.4 Å². The van der Waals surface area contributed by atoms with Crippen LogP contribution in [0.25, 0.3) is 0 Å². The van der Waals surface area contributed by atoms with Crippen LogP contribution in [-0.2, 0) is 16.0 Å². The van der Waals surface area contributed by atoms with Gasteiger partial charge in [0.05, 0.1) is 10.6 Å². The van der Waals surface area contributed by atoms with E-state index in [0.29, 0.717) is 43.0 Å². The Kier molecular flexibility index (Phi) is 4.37. The lowest BCUT2D eigenvalue weighted by molar-refractivity contribution is -0.384. The van der Waals surface area contributed by atoms with Gasteiger partial charge in [-0.25, -0.2) is 0 Å². The number of nitro groups is 1. The van der Waals surface area contributed by atoms with E-state index in [1.54, 1.807) is 11.0 Å². The van der Waals surface area contributed by atoms with E-state index in [2.05, 4.69) is 5.32 Å². The number of rotatable bonds is 5. The molecule has 1 N–H and O–H groups in total. The molecule has 0 atom stereocenters. The van der Waals surface area contributed by atoms with Gasteiger partial charge in [0.2, 0.25) is 11.8 Å². The minimum atomic E-state index is -0.438. The van der Waals surface area contributed by atoms with Crippen LogP contribution < -0.4 is 10.2 Å². The Hall–Kier alpha value is -2.44. The summed E-state index contributed by atoms with van der Waals surface area (Å²) in [5, 5.41) is 14.1. The van der Waals surface area contributed by atoms with Crippen molar-refractivity contribution in [2.75, 3.05) is 18.0 Å². The molecule has 1 aromatic rings. The smallest absolute Gasteiger partial charge is 0.271 e. The maximum atomic E-state index is 13.0. The highest BCUT2D eigenvalue weighted by molar-refractivity contribution is 5.96. The van der Waals surface area contributed by atoms with Crippen molar-refractivity contribution in [1.82, 2.24) is 5.32 Å². The summed E-state index contributed by atoms with van der Waals surface area (Å²) < 4.78 is 0. The molecule has 0 radical (unpaired) electrons. The third-order valence-corrected chi connectivity index (χ3v) is 7.62. The number of hydrogen-bond acceptors (Lipinski definition) is 4. The zero-order valence-electron chi connectivity index (χ0n) is 16.6. The lowest BCUT2D eigenvalue weighted by Crippen LogP contribution is -2.53. The summed E-state index contributed by atoms with van der Waals surface area (Å²) in [6.07, 6.45) is 7.87. The predicted molar refractivity (Wildman–Crippen MR) is 107 cm³/mol. The molecule has 7 nitrogen and oxygen atoms in total. The second-order valence-corrected chi connectivity index (χ2v) is 9.57. The number of carbonyl (C=O) groups excluding carboxylic acids is 2. The van der Waals surface area contributed by atoms with Crippen molar-refractivity contribution >= 4 is 23.2 Å². The van der Waals surface area contributed by atoms with Crippen LogP contribution in [0.5, 0.6) is 0 Å². The predicted octanol–water partition coefficient (Wildman–Crippen LogP) is 3.21. The molecule has 0 unspecified atom stereocenters. The van der Waals surface area contributed by atoms with Crippen molar-refractivity contribution < 1.29 is 14.5 Å². The van der Waals surface area contributed by atoms with Crippen LogP contribution >= 0.6 is 0 Å². The lowest BCUT2D eigenvalue weighted by atomic mass is 9.49. The van der Waals surface area contributed by atoms with Gasteiger partial charge < -0.3 is 10.2 Å². The van der Waals surface area contributed by atoms with E-state index in [9.17, 15) is 19.7 Å². The van der Waals surface area contributed by atoms with E-state index in [-0.39, 0.29) is 29.3 Å². The molecule has 4 aliphatic carbocycles. The summed E-state index contributed by atoms with van der Waals surface area (Å²) in [5.74, 6) is 2.19. The molecule has 0 saturated heterocycles. The van der Waals surface area contributed by atoms with Gasteiger partial charge in [-0.05, 0) is 68.3 Å². The fourth-order valence-corrected chi connectivity index (χ4v) is 6.73. The van der Waals surface area contributed by atoms with Gasteiger partial charge in [-0.1, -0.05) is 6.07 Å². The minimum absolute atomic E-state index is 0.00132. The summed E-state index contributed by atoms with van der Waals surface area (Å²) in [4.78, 5) is 38.0. The number of amides is 2. The topological polar surface area (TPSA) is 92.6 Å². The highest BCUT2D eigenvalue weighted by Crippen LogP contribution is 2.60. The maximum Gasteiger partial charge on any atom is 0.271 e. The Bertz CT molecular complexity index is 846. The molecular formula is C22H27N3O4. The molecule has 154 valence electrons. The Morgan fingerprint density at radius 3 is 2.41 bits per heavy atom. The molecule has 5 aliphatic rings. The molecule has 4 bridgehead atoms. The van der Waals surface area contributed by atoms with Gasteiger partial charge >= 0.3 is 0 Å². The zero-order chi connectivity index (χ0) is 20.2. The molecule has 1 heterocycles. The van der Waals surface area contributed by atoms with Crippen molar-refractivity contribution in [2.24, 2.45) is 23.2 Å². The van der Waals surface area contributed by atoms with Crippen molar-refractivity contribution in [3.63, 3.8) is 0 Å². The van der Waals surface area contributed by atoms with Gasteiger partial charge in [-0.3, -0.25) is 19.7 Å². The Balaban J connectivity index is 1.19. The van der Waals surface area contributed by atoms with Crippen LogP contribution in [0.15, 0.2) is 18.2 Å². The molecule has 1 aromatic carbocycles. The second kappa shape index (κ2) is 6.82. The second-order valence-electron chi connectivity index (χ2n) is 9.57. The number of benzene rings is 1. The van der Waals surface area contributed by atoms with Crippen molar-refractivity contribution in [1.29, 1.82) is 0 Å². The van der Waals surface area contributed by atoms with Crippen LogP contribution in [0.3, 0.4) is 0 Å². The number of anilines is 1. The Morgan fingerprint density at radius 2 is 1.79 bits per heavy atom. The Morgan fingerprint density at radius 1 is 1.14 bits per heavy atom. The number of nitro benzene ring substituents is 1. The van der Waals surface area contributed by atoms with Crippen LogP contribution in [0.1, 0.15) is 50.5 Å². The van der Waals surface area contributed by atoms with Gasteiger partial charge in [-0.15, -0.1) is 0 Å². The number of nitrogens with zero attached hydrogens (tertiary/aromatic N) is 2. The zero-order valence-corrected chi connectivity index (χ0v) is 16.6. The number of hydrogen-bond donors (Lipinski definition) is 1. The third-order valence-electron chi connectivity index (χ3n) is 7.62. The molecule has 1 aliphatic heterocycles. The third kappa shape index (κ3) is 3.20. The SMILES string of the molecule is O=C(CCNC(=O)C12CC3CC(CC(C3)C1)C2)N1CCc2ccc([N+](=O)[O-])cc21. The largest absolute Gasteiger partial charge is 0.355 e. The summed E-state index contributed by atoms with van der Waals surface area (Å²) in [6.45, 7) is 0.873. The molecule has 7 heteroatoms. The number of carbonyl (C=O) groups is 2. The summed E-state index contributed by atoms with van der Waals surface area (Å²) in [7, 11) is 0. The van der Waals surface area contributed by atoms with E-state index < -0.39 is 4.92 Å². The van der Waals surface area contributed by atoms with Gasteiger partial charge in [-0.2, -0.15) is 0 Å². The van der Waals surface area contributed by atoms with Gasteiger partial charge in [0, 0.05) is 37.1 Å². The minimum Gasteiger partial charge on any atom is -0.355 e. The molecule has 0 aromatic heterocycles. The van der Waals surface area contributed by atoms with E-state index in [1.807, 2.05) is 0 Å². The van der Waals surface area contributed by atoms with Crippen LogP contribution in [0, 0.1) is 33.3 Å². The van der Waals surface area contributed by atoms with E-state index in [0.717, 1.165) is 24.8 Å². The van der Waals surface area contributed by atoms with E-state index in [1.165, 1.54) is 31.4 Å². The van der Waals surface area contributed by atoms with Gasteiger partial charge in [0.25, 0.3) is 5.69 Å². The average Bonchev–Trinajstić information content (AvgIpc) is 3.10. The molecule has 4 fully saturated rings. The fraction of sp³-hybridized carbons (Fsp3) is 0.636. The first kappa shape index (κ1) is 18.6. The average molecular weight is 397 g/mol. The molecule has 4 saturated carbocycles. The molecule has 29 heavy (non-hydrogen) atoms. The monoisotopic (exact) mass is 397 g/mol. The quantitative estimate of drug-likeness (QED) is 0.610. The Labute approximate surface area is 170 Å². The summed E-state index contributed by atoms with van der Waals surface area (Å²) in [5.41, 5.74) is 1.40. The normalized spacial score (nSPS) is 31.6. The summed E-state index contributed by atoms with van der Waals surface area (Å²) >= 11 is 0. The standard InChI is InChI=1S/C22H27N3O4/c26-20(24-6-4-17-1-2-18(25(28)29)10-19(17)24)3-5-23-21(27)22-11-14-7-15(12-22)9-16(8-14)13-22/h1-2,10,14-16H,3-9,11-13H2,(H,23,27). The first-order valence-corrected chi connectivity index (χ1v) is 10.8. The van der Waals surface area contributed by atoms with E-state index in [4.69, 9.17) is 0 Å². The fourth-order valence-electron chi connectivity index (χ4n) is 6.73. The van der Waals surface area contributed by atoms with Crippen molar-refractivity contribution in [3.8, 4) is 0 Å². The number of non-ortho nitro benzene ring substituents is 1. The highest BCUT2D eigenvalue weighted by atomic mass is 16.6. The van der Waals surface area contributed by atoms with Gasteiger partial charge in [0.1, 0.15) is 0 Å². The molecule has 6 rings (SSSR count). The molecular weight excluding hydrogens is 370 g/mol. The number of nitrogens with one attached hydrogen (secondary N) is 1. The van der Waals surface area contributed by atoms with Crippen LogP contribution in [-0.4, -0.2) is 29.8 Å². The molecule has 2 amide bonds. The van der Waals surface area contributed by atoms with Crippen molar-refractivity contribution in [3.05, 3.63) is 33.9 Å². The van der Waals surface area contributed by atoms with E-state index >= 15 is 0 Å². The van der Waals surface area contributed by atoms with Crippen molar-refractivity contribution in [2.45, 2.75) is 51.4 Å². The van der Waals surface area contributed by atoms with Crippen LogP contribution in [0.2, 0.25) is 0 Å². The number of fused-ring (bicyclic) bond motifs is 1. The summed E-state index contributed by atoms with van der Waals surface area (Å²) in [6, 6.07) is 4.70. The lowest BCUT2D eigenvalue weighted by Gasteiger charge is -2.55. The van der Waals surface area contributed by atoms with Gasteiger partial charge in [0.15, 0.2) is 0 Å². The highest BCUT2D eigenvalue weighted by Gasteiger charge is 2.54. The maximum absolute atomic E-state index is 13.0. The molecule has 0 spiro atoms. The first-order valence-electron chi connectivity index (χ1n) is 10.8.